The maximum absolute atomic E-state index is 6.00. The number of fused-ring (bicyclic) bond motifs is 1. The molecule has 3 nitrogen and oxygen atoms in total. The highest BCUT2D eigenvalue weighted by atomic mass is 79.9. The van der Waals surface area contributed by atoms with Gasteiger partial charge in [0.25, 0.3) is 0 Å². The lowest BCUT2D eigenvalue weighted by atomic mass is 10.3. The summed E-state index contributed by atoms with van der Waals surface area (Å²) >= 11 is 8.73. The summed E-state index contributed by atoms with van der Waals surface area (Å²) in [5, 5.41) is 0. The second-order valence-corrected chi connectivity index (χ2v) is 7.67. The van der Waals surface area contributed by atoms with Crippen LogP contribution in [-0.4, -0.2) is 9.55 Å². The summed E-state index contributed by atoms with van der Waals surface area (Å²) in [6.45, 7) is 0.839. The Balaban J connectivity index is 1.91. The summed E-state index contributed by atoms with van der Waals surface area (Å²) in [6.07, 6.45) is 0.957. The van der Waals surface area contributed by atoms with Crippen molar-refractivity contribution in [3.05, 3.63) is 43.5 Å². The minimum absolute atomic E-state index is 0.573. The molecule has 0 saturated carbocycles. The van der Waals surface area contributed by atoms with Crippen LogP contribution in [0.15, 0.2) is 38.6 Å². The normalized spacial score (nSPS) is 11.3. The van der Waals surface area contributed by atoms with E-state index in [1.807, 2.05) is 12.1 Å². The Labute approximate surface area is 131 Å². The molecule has 98 valence electrons. The van der Waals surface area contributed by atoms with Gasteiger partial charge in [-0.3, -0.25) is 0 Å². The lowest BCUT2D eigenvalue weighted by Gasteiger charge is -2.05. The number of nitrogens with zero attached hydrogens (tertiary/aromatic N) is 2. The van der Waals surface area contributed by atoms with Gasteiger partial charge in [0.05, 0.1) is 14.8 Å². The van der Waals surface area contributed by atoms with Crippen molar-refractivity contribution >= 4 is 60.2 Å². The van der Waals surface area contributed by atoms with Crippen molar-refractivity contribution in [2.75, 3.05) is 5.73 Å². The topological polar surface area (TPSA) is 43.8 Å². The number of thiophene rings is 1. The summed E-state index contributed by atoms with van der Waals surface area (Å²) < 4.78 is 4.27. The maximum atomic E-state index is 6.00. The van der Waals surface area contributed by atoms with Gasteiger partial charge in [0.1, 0.15) is 0 Å². The van der Waals surface area contributed by atoms with E-state index in [4.69, 9.17) is 5.73 Å². The lowest BCUT2D eigenvalue weighted by Crippen LogP contribution is -2.05. The molecule has 2 aromatic heterocycles. The van der Waals surface area contributed by atoms with Gasteiger partial charge in [-0.15, -0.1) is 11.3 Å². The molecule has 0 amide bonds. The van der Waals surface area contributed by atoms with Crippen molar-refractivity contribution in [1.82, 2.24) is 9.55 Å². The molecule has 6 heteroatoms. The highest BCUT2D eigenvalue weighted by Crippen LogP contribution is 2.25. The van der Waals surface area contributed by atoms with Crippen molar-refractivity contribution in [1.29, 1.82) is 0 Å². The number of nitrogen functional groups attached to an aromatic ring is 1. The molecule has 0 fully saturated rings. The first-order chi connectivity index (χ1) is 9.13. The Morgan fingerprint density at radius 2 is 2.05 bits per heavy atom. The van der Waals surface area contributed by atoms with Gasteiger partial charge in [0.2, 0.25) is 5.95 Å². The second kappa shape index (κ2) is 5.26. The zero-order valence-electron chi connectivity index (χ0n) is 9.94. The number of rotatable bonds is 3. The van der Waals surface area contributed by atoms with Crippen molar-refractivity contribution in [2.45, 2.75) is 13.0 Å². The Hall–Kier alpha value is -0.850. The summed E-state index contributed by atoms with van der Waals surface area (Å²) in [7, 11) is 0. The van der Waals surface area contributed by atoms with Crippen molar-refractivity contribution < 1.29 is 0 Å². The third-order valence-corrected chi connectivity index (χ3v) is 5.13. The van der Waals surface area contributed by atoms with E-state index < -0.39 is 0 Å². The van der Waals surface area contributed by atoms with Crippen LogP contribution in [0.25, 0.3) is 11.0 Å². The Morgan fingerprint density at radius 1 is 1.21 bits per heavy atom. The van der Waals surface area contributed by atoms with Crippen LogP contribution in [0.5, 0.6) is 0 Å². The number of anilines is 1. The third kappa shape index (κ3) is 2.70. The molecule has 3 aromatic rings. The first-order valence-electron chi connectivity index (χ1n) is 5.79. The fourth-order valence-electron chi connectivity index (χ4n) is 2.06. The van der Waals surface area contributed by atoms with E-state index in [1.54, 1.807) is 11.3 Å². The molecule has 2 heterocycles. The average Bonchev–Trinajstić information content (AvgIpc) is 2.90. The molecule has 2 N–H and O–H groups in total. The molecule has 0 atom stereocenters. The molecule has 1 aromatic carbocycles. The SMILES string of the molecule is Nc1nc2ccc(Br)cc2n1CCc1ccc(Br)s1. The first-order valence-corrected chi connectivity index (χ1v) is 8.19. The van der Waals surface area contributed by atoms with Crippen LogP contribution in [0.3, 0.4) is 0 Å². The smallest absolute Gasteiger partial charge is 0.201 e. The van der Waals surface area contributed by atoms with E-state index in [1.165, 1.54) is 4.88 Å². The minimum Gasteiger partial charge on any atom is -0.369 e. The molecule has 0 unspecified atom stereocenters. The summed E-state index contributed by atoms with van der Waals surface area (Å²) in [5.41, 5.74) is 8.01. The quantitative estimate of drug-likeness (QED) is 0.705. The van der Waals surface area contributed by atoms with E-state index >= 15 is 0 Å². The lowest BCUT2D eigenvalue weighted by molar-refractivity contribution is 0.733. The van der Waals surface area contributed by atoms with Gasteiger partial charge in [0.15, 0.2) is 0 Å². The van der Waals surface area contributed by atoms with Crippen molar-refractivity contribution in [2.24, 2.45) is 0 Å². The Bertz CT molecular complexity index is 733. The van der Waals surface area contributed by atoms with E-state index in [2.05, 4.69) is 59.6 Å². The number of benzene rings is 1. The van der Waals surface area contributed by atoms with Gasteiger partial charge < -0.3 is 10.3 Å². The third-order valence-electron chi connectivity index (χ3n) is 2.95. The van der Waals surface area contributed by atoms with Crippen molar-refractivity contribution in [3.63, 3.8) is 0 Å². The van der Waals surface area contributed by atoms with Gasteiger partial charge in [-0.05, 0) is 52.7 Å². The number of halogens is 2. The van der Waals surface area contributed by atoms with Crippen LogP contribution in [0, 0.1) is 0 Å². The number of nitrogens with two attached hydrogens (primary N) is 1. The van der Waals surface area contributed by atoms with Gasteiger partial charge in [-0.2, -0.15) is 0 Å². The monoisotopic (exact) mass is 399 g/mol. The number of hydrogen-bond donors (Lipinski definition) is 1. The van der Waals surface area contributed by atoms with Crippen LogP contribution < -0.4 is 5.73 Å². The predicted molar refractivity (Wildman–Crippen MR) is 87.6 cm³/mol. The summed E-state index contributed by atoms with van der Waals surface area (Å²) in [6, 6.07) is 10.2. The zero-order chi connectivity index (χ0) is 13.4. The molecule has 0 aliphatic carbocycles. The van der Waals surface area contributed by atoms with Crippen LogP contribution >= 0.6 is 43.2 Å². The first kappa shape index (κ1) is 13.1. The van der Waals surface area contributed by atoms with E-state index in [9.17, 15) is 0 Å². The fourth-order valence-corrected chi connectivity index (χ4v) is 3.88. The molecule has 19 heavy (non-hydrogen) atoms. The summed E-state index contributed by atoms with van der Waals surface area (Å²) in [5.74, 6) is 0.573. The molecule has 0 aliphatic heterocycles. The molecule has 0 saturated heterocycles. The van der Waals surface area contributed by atoms with Crippen LogP contribution in [0.4, 0.5) is 5.95 Å². The van der Waals surface area contributed by atoms with Gasteiger partial charge in [-0.1, -0.05) is 15.9 Å². The van der Waals surface area contributed by atoms with E-state index in [0.29, 0.717) is 5.95 Å². The number of imidazole rings is 1. The van der Waals surface area contributed by atoms with Crippen LogP contribution in [-0.2, 0) is 13.0 Å². The Morgan fingerprint density at radius 3 is 2.79 bits per heavy atom. The zero-order valence-corrected chi connectivity index (χ0v) is 13.9. The molecule has 3 rings (SSSR count). The van der Waals surface area contributed by atoms with Crippen molar-refractivity contribution in [3.8, 4) is 0 Å². The van der Waals surface area contributed by atoms with Crippen LogP contribution in [0.2, 0.25) is 0 Å². The second-order valence-electron chi connectivity index (χ2n) is 4.21. The van der Waals surface area contributed by atoms with Crippen LogP contribution in [0.1, 0.15) is 4.88 Å². The van der Waals surface area contributed by atoms with E-state index in [-0.39, 0.29) is 0 Å². The fraction of sp³-hybridized carbons (Fsp3) is 0.154. The highest BCUT2D eigenvalue weighted by molar-refractivity contribution is 9.11. The van der Waals surface area contributed by atoms with Gasteiger partial charge in [-0.25, -0.2) is 4.98 Å². The number of aromatic nitrogens is 2. The van der Waals surface area contributed by atoms with Gasteiger partial charge in [0, 0.05) is 15.9 Å². The maximum Gasteiger partial charge on any atom is 0.201 e. The molecular weight excluding hydrogens is 390 g/mol. The Kier molecular flexibility index (Phi) is 3.64. The largest absolute Gasteiger partial charge is 0.369 e. The highest BCUT2D eigenvalue weighted by Gasteiger charge is 2.09. The molecule has 0 spiro atoms. The average molecular weight is 401 g/mol. The van der Waals surface area contributed by atoms with E-state index in [0.717, 1.165) is 32.3 Å². The molecular formula is C13H11Br2N3S. The minimum atomic E-state index is 0.573. The number of hydrogen-bond acceptors (Lipinski definition) is 3. The van der Waals surface area contributed by atoms with Gasteiger partial charge >= 0.3 is 0 Å². The number of aryl methyl sites for hydroxylation is 2. The standard InChI is InChI=1S/C13H11Br2N3S/c14-8-1-3-10-11(7-8)18(13(16)17-10)6-5-9-2-4-12(15)19-9/h1-4,7H,5-6H2,(H2,16,17). The summed E-state index contributed by atoms with van der Waals surface area (Å²) in [4.78, 5) is 5.72. The predicted octanol–water partition coefficient (Wildman–Crippen LogP) is 4.45. The molecule has 0 aliphatic rings. The molecule has 0 radical (unpaired) electrons. The molecule has 0 bridgehead atoms.